The Labute approximate surface area is 223 Å². The smallest absolute Gasteiger partial charge is 0.308 e. The molecule has 2 aromatic rings. The monoisotopic (exact) mass is 527 g/mol. The van der Waals surface area contributed by atoms with Gasteiger partial charge in [-0.15, -0.1) is 0 Å². The average molecular weight is 528 g/mol. The van der Waals surface area contributed by atoms with Gasteiger partial charge >= 0.3 is 5.97 Å². The summed E-state index contributed by atoms with van der Waals surface area (Å²) in [6, 6.07) is 12.2. The molecule has 0 saturated carbocycles. The van der Waals surface area contributed by atoms with Crippen LogP contribution in [0.3, 0.4) is 0 Å². The standard InChI is InChI=1S/C28H37N3O7/c1-3-4-12-30(13-11-29)26(32)16-31-15-20(19-9-10-24-25(14-19)38-18-37-24)27(28(33)34)21(31)17-36-23-8-6-5-7-22(23)35-2/h5-10,14,20-21,27H,3-4,11-13,15-18,29H2,1-2H3,(H,33,34)/t20-,21+,27?/m1/s1. The van der Waals surface area contributed by atoms with E-state index in [0.717, 1.165) is 18.4 Å². The summed E-state index contributed by atoms with van der Waals surface area (Å²) in [6.07, 6.45) is 1.84. The van der Waals surface area contributed by atoms with Gasteiger partial charge in [-0.1, -0.05) is 31.5 Å². The van der Waals surface area contributed by atoms with Crippen molar-refractivity contribution in [3.05, 3.63) is 48.0 Å². The van der Waals surface area contributed by atoms with Crippen LogP contribution in [0.25, 0.3) is 0 Å². The third-order valence-corrected chi connectivity index (χ3v) is 7.21. The predicted octanol–water partition coefficient (Wildman–Crippen LogP) is 2.56. The Kier molecular flexibility index (Phi) is 9.30. The second kappa shape index (κ2) is 12.8. The van der Waals surface area contributed by atoms with E-state index in [1.54, 1.807) is 30.2 Å². The normalized spacial score (nSPS) is 20.3. The number of carbonyl (C=O) groups is 2. The van der Waals surface area contributed by atoms with Crippen molar-refractivity contribution < 1.29 is 33.6 Å². The topological polar surface area (TPSA) is 124 Å². The second-order valence-electron chi connectivity index (χ2n) is 9.56. The predicted molar refractivity (Wildman–Crippen MR) is 141 cm³/mol. The van der Waals surface area contributed by atoms with Gasteiger partial charge in [-0.3, -0.25) is 14.5 Å². The molecule has 2 heterocycles. The molecule has 4 rings (SSSR count). The average Bonchev–Trinajstić information content (AvgIpc) is 3.54. The molecule has 0 radical (unpaired) electrons. The zero-order valence-corrected chi connectivity index (χ0v) is 22.0. The first-order valence-electron chi connectivity index (χ1n) is 13.1. The van der Waals surface area contributed by atoms with Gasteiger partial charge < -0.3 is 34.7 Å². The Morgan fingerprint density at radius 2 is 1.89 bits per heavy atom. The van der Waals surface area contributed by atoms with Gasteiger partial charge in [0, 0.05) is 32.1 Å². The van der Waals surface area contributed by atoms with Crippen LogP contribution in [0.4, 0.5) is 0 Å². The zero-order valence-electron chi connectivity index (χ0n) is 22.0. The SMILES string of the molecule is CCCCN(CCN)C(=O)CN1C[C@H](c2ccc3c(c2)OCO3)C(C(=O)O)[C@@H]1COc1ccccc1OC. The van der Waals surface area contributed by atoms with Crippen LogP contribution in [0, 0.1) is 5.92 Å². The van der Waals surface area contributed by atoms with E-state index in [4.69, 9.17) is 24.7 Å². The first-order chi connectivity index (χ1) is 18.5. The lowest BCUT2D eigenvalue weighted by molar-refractivity contribution is -0.144. The van der Waals surface area contributed by atoms with Crippen LogP contribution in [0.15, 0.2) is 42.5 Å². The maximum Gasteiger partial charge on any atom is 0.308 e. The number of fused-ring (bicyclic) bond motifs is 1. The summed E-state index contributed by atoms with van der Waals surface area (Å²) in [6.45, 7) is 4.20. The van der Waals surface area contributed by atoms with Crippen molar-refractivity contribution in [1.29, 1.82) is 0 Å². The molecule has 0 spiro atoms. The molecule has 38 heavy (non-hydrogen) atoms. The molecule has 3 atom stereocenters. The van der Waals surface area contributed by atoms with E-state index < -0.39 is 17.9 Å². The number of hydrogen-bond donors (Lipinski definition) is 2. The number of amides is 1. The van der Waals surface area contributed by atoms with Crippen molar-refractivity contribution in [2.45, 2.75) is 31.7 Å². The highest BCUT2D eigenvalue weighted by Gasteiger charge is 2.48. The van der Waals surface area contributed by atoms with E-state index in [1.165, 1.54) is 0 Å². The number of hydrogen-bond acceptors (Lipinski definition) is 8. The fourth-order valence-corrected chi connectivity index (χ4v) is 5.23. The van der Waals surface area contributed by atoms with E-state index in [2.05, 4.69) is 6.92 Å². The highest BCUT2D eigenvalue weighted by atomic mass is 16.7. The Bertz CT molecular complexity index is 1110. The molecule has 1 saturated heterocycles. The first-order valence-corrected chi connectivity index (χ1v) is 13.1. The fourth-order valence-electron chi connectivity index (χ4n) is 5.23. The van der Waals surface area contributed by atoms with Crippen molar-refractivity contribution >= 4 is 11.9 Å². The molecule has 206 valence electrons. The van der Waals surface area contributed by atoms with Crippen molar-refractivity contribution in [3.8, 4) is 23.0 Å². The molecule has 2 aliphatic heterocycles. The number of aliphatic carboxylic acids is 1. The number of carboxylic acids is 1. The van der Waals surface area contributed by atoms with Crippen LogP contribution in [0.1, 0.15) is 31.2 Å². The molecule has 1 unspecified atom stereocenters. The van der Waals surface area contributed by atoms with Crippen LogP contribution < -0.4 is 24.7 Å². The summed E-state index contributed by atoms with van der Waals surface area (Å²) < 4.78 is 22.5. The lowest BCUT2D eigenvalue weighted by Crippen LogP contribution is -2.47. The van der Waals surface area contributed by atoms with Crippen LogP contribution >= 0.6 is 0 Å². The molecular formula is C28H37N3O7. The lowest BCUT2D eigenvalue weighted by Gasteiger charge is -2.29. The molecule has 1 fully saturated rings. The number of methoxy groups -OCH3 is 1. The number of carbonyl (C=O) groups excluding carboxylic acids is 1. The quantitative estimate of drug-likeness (QED) is 0.404. The summed E-state index contributed by atoms with van der Waals surface area (Å²) in [5, 5.41) is 10.4. The van der Waals surface area contributed by atoms with Gasteiger partial charge in [0.2, 0.25) is 12.7 Å². The van der Waals surface area contributed by atoms with Crippen molar-refractivity contribution in [2.75, 3.05) is 53.2 Å². The molecule has 2 aromatic carbocycles. The summed E-state index contributed by atoms with van der Waals surface area (Å²) in [7, 11) is 1.56. The Balaban J connectivity index is 1.62. The zero-order chi connectivity index (χ0) is 27.1. The number of carboxylic acid groups (broad SMARTS) is 1. The number of unbranched alkanes of at least 4 members (excludes halogenated alkanes) is 1. The number of ether oxygens (including phenoxy) is 4. The molecular weight excluding hydrogens is 490 g/mol. The molecule has 0 aromatic heterocycles. The molecule has 2 aliphatic rings. The molecule has 0 bridgehead atoms. The largest absolute Gasteiger partial charge is 0.493 e. The van der Waals surface area contributed by atoms with Crippen LogP contribution in [0.5, 0.6) is 23.0 Å². The maximum atomic E-state index is 13.4. The number of benzene rings is 2. The van der Waals surface area contributed by atoms with Crippen molar-refractivity contribution in [1.82, 2.24) is 9.80 Å². The summed E-state index contributed by atoms with van der Waals surface area (Å²) >= 11 is 0. The van der Waals surface area contributed by atoms with Crippen molar-refractivity contribution in [2.24, 2.45) is 11.7 Å². The maximum absolute atomic E-state index is 13.4. The molecule has 10 heteroatoms. The highest BCUT2D eigenvalue weighted by Crippen LogP contribution is 2.42. The lowest BCUT2D eigenvalue weighted by atomic mass is 9.85. The van der Waals surface area contributed by atoms with E-state index in [1.807, 2.05) is 29.2 Å². The van der Waals surface area contributed by atoms with Gasteiger partial charge in [-0.05, 0) is 36.2 Å². The van der Waals surface area contributed by atoms with Gasteiger partial charge in [-0.2, -0.15) is 0 Å². The van der Waals surface area contributed by atoms with Gasteiger partial charge in [0.05, 0.1) is 25.6 Å². The van der Waals surface area contributed by atoms with Crippen LogP contribution in [-0.2, 0) is 9.59 Å². The van der Waals surface area contributed by atoms with Gasteiger partial charge in [0.1, 0.15) is 6.61 Å². The Hall–Kier alpha value is -3.50. The van der Waals surface area contributed by atoms with E-state index in [-0.39, 0.29) is 31.8 Å². The number of likely N-dealkylation sites (tertiary alicyclic amines) is 1. The Morgan fingerprint density at radius 3 is 2.61 bits per heavy atom. The third-order valence-electron chi connectivity index (χ3n) is 7.21. The molecule has 10 nitrogen and oxygen atoms in total. The van der Waals surface area contributed by atoms with Crippen LogP contribution in [-0.4, -0.2) is 86.1 Å². The summed E-state index contributed by atoms with van der Waals surface area (Å²) in [5.41, 5.74) is 6.60. The summed E-state index contributed by atoms with van der Waals surface area (Å²) in [4.78, 5) is 29.8. The van der Waals surface area contributed by atoms with E-state index in [0.29, 0.717) is 49.2 Å². The van der Waals surface area contributed by atoms with E-state index in [9.17, 15) is 14.7 Å². The number of rotatable bonds is 13. The molecule has 1 amide bonds. The van der Waals surface area contributed by atoms with Crippen molar-refractivity contribution in [3.63, 3.8) is 0 Å². The fraction of sp³-hybridized carbons (Fsp3) is 0.500. The van der Waals surface area contributed by atoms with Gasteiger partial charge in [0.15, 0.2) is 23.0 Å². The number of para-hydroxylation sites is 2. The number of nitrogens with zero attached hydrogens (tertiary/aromatic N) is 2. The minimum atomic E-state index is -0.943. The summed E-state index contributed by atoms with van der Waals surface area (Å²) in [5.74, 6) is 0.108. The molecule has 0 aliphatic carbocycles. The minimum absolute atomic E-state index is 0.0679. The second-order valence-corrected chi connectivity index (χ2v) is 9.56. The van der Waals surface area contributed by atoms with E-state index >= 15 is 0 Å². The van der Waals surface area contributed by atoms with Gasteiger partial charge in [0.25, 0.3) is 0 Å². The number of nitrogens with two attached hydrogens (primary N) is 1. The minimum Gasteiger partial charge on any atom is -0.493 e. The highest BCUT2D eigenvalue weighted by molar-refractivity contribution is 5.79. The molecule has 3 N–H and O–H groups in total. The van der Waals surface area contributed by atoms with Gasteiger partial charge in [-0.25, -0.2) is 0 Å². The third kappa shape index (κ3) is 6.14. The Morgan fingerprint density at radius 1 is 1.13 bits per heavy atom. The van der Waals surface area contributed by atoms with Crippen LogP contribution in [0.2, 0.25) is 0 Å². The first kappa shape index (κ1) is 27.5.